The van der Waals surface area contributed by atoms with Gasteiger partial charge in [0.2, 0.25) is 5.78 Å². The second-order valence-corrected chi connectivity index (χ2v) is 7.84. The maximum atomic E-state index is 13.0. The zero-order chi connectivity index (χ0) is 20.7. The van der Waals surface area contributed by atoms with E-state index in [9.17, 15) is 4.79 Å². The van der Waals surface area contributed by atoms with E-state index in [1.165, 1.54) is 11.1 Å². The molecule has 2 aliphatic heterocycles. The highest BCUT2D eigenvalue weighted by molar-refractivity contribution is 6.15. The van der Waals surface area contributed by atoms with Gasteiger partial charge in [-0.3, -0.25) is 14.7 Å². The fourth-order valence-corrected chi connectivity index (χ4v) is 3.96. The number of hydrogen-bond acceptors (Lipinski definition) is 5. The maximum Gasteiger partial charge on any atom is 0.231 e. The highest BCUT2D eigenvalue weighted by atomic mass is 16.5. The van der Waals surface area contributed by atoms with Crippen LogP contribution in [0.2, 0.25) is 0 Å². The van der Waals surface area contributed by atoms with E-state index in [2.05, 4.69) is 41.1 Å². The van der Waals surface area contributed by atoms with Crippen molar-refractivity contribution in [2.24, 2.45) is 0 Å². The Morgan fingerprint density at radius 1 is 1.13 bits per heavy atom. The highest BCUT2D eigenvalue weighted by Gasteiger charge is 2.33. The first-order valence-corrected chi connectivity index (χ1v) is 10.00. The van der Waals surface area contributed by atoms with Crippen LogP contribution in [0.15, 0.2) is 60.6 Å². The molecule has 1 aromatic heterocycles. The molecule has 0 bridgehead atoms. The highest BCUT2D eigenvalue weighted by Crippen LogP contribution is 2.43. The van der Waals surface area contributed by atoms with Crippen LogP contribution in [-0.2, 0) is 13.1 Å². The van der Waals surface area contributed by atoms with E-state index in [-0.39, 0.29) is 5.78 Å². The molecule has 0 saturated carbocycles. The Kier molecular flexibility index (Phi) is 4.60. The number of fused-ring (bicyclic) bond motifs is 2. The summed E-state index contributed by atoms with van der Waals surface area (Å²) in [5.41, 5.74) is 5.81. The third kappa shape index (κ3) is 3.37. The lowest BCUT2D eigenvalue weighted by Crippen LogP contribution is -2.32. The van der Waals surface area contributed by atoms with E-state index in [0.717, 1.165) is 35.5 Å². The van der Waals surface area contributed by atoms with Gasteiger partial charge in [-0.15, -0.1) is 0 Å². The second-order valence-electron chi connectivity index (χ2n) is 7.84. The van der Waals surface area contributed by atoms with Gasteiger partial charge in [-0.2, -0.15) is 0 Å². The minimum Gasteiger partial charge on any atom is -0.477 e. The van der Waals surface area contributed by atoms with Crippen molar-refractivity contribution in [3.63, 3.8) is 0 Å². The molecule has 2 aromatic carbocycles. The number of nitrogens with zero attached hydrogens (tertiary/aromatic N) is 2. The summed E-state index contributed by atoms with van der Waals surface area (Å²) in [6.45, 7) is 6.07. The summed E-state index contributed by atoms with van der Waals surface area (Å²) in [6.07, 6.45) is 5.14. The second kappa shape index (κ2) is 7.43. The average Bonchev–Trinajstić information content (AvgIpc) is 3.06. The molecule has 5 nitrogen and oxygen atoms in total. The molecule has 0 spiro atoms. The molecule has 0 radical (unpaired) electrons. The fourth-order valence-electron chi connectivity index (χ4n) is 3.96. The average molecular weight is 398 g/mol. The quantitative estimate of drug-likeness (QED) is 0.600. The summed E-state index contributed by atoms with van der Waals surface area (Å²) in [6, 6.07) is 14.2. The van der Waals surface area contributed by atoms with E-state index < -0.39 is 0 Å². The van der Waals surface area contributed by atoms with Gasteiger partial charge in [0.15, 0.2) is 5.76 Å². The van der Waals surface area contributed by atoms with Crippen molar-refractivity contribution >= 4 is 11.9 Å². The molecule has 5 heteroatoms. The molecule has 5 rings (SSSR count). The smallest absolute Gasteiger partial charge is 0.231 e. The van der Waals surface area contributed by atoms with Crippen LogP contribution in [0.4, 0.5) is 0 Å². The van der Waals surface area contributed by atoms with Gasteiger partial charge in [-0.1, -0.05) is 35.9 Å². The van der Waals surface area contributed by atoms with Crippen LogP contribution in [0.1, 0.15) is 38.2 Å². The Bertz CT molecular complexity index is 1150. The van der Waals surface area contributed by atoms with E-state index in [0.29, 0.717) is 23.8 Å². The minimum absolute atomic E-state index is 0.101. The molecule has 0 amide bonds. The summed E-state index contributed by atoms with van der Waals surface area (Å²) in [5.74, 6) is 1.64. The number of carbonyl (C=O) groups is 1. The molecule has 2 aliphatic rings. The molecule has 150 valence electrons. The number of ether oxygens (including phenoxy) is 2. The molecule has 0 aliphatic carbocycles. The van der Waals surface area contributed by atoms with E-state index in [1.54, 1.807) is 18.5 Å². The number of Topliss-reactive ketones (excluding diaryl/α,β-unsaturated/α-hetero) is 1. The third-order valence-electron chi connectivity index (χ3n) is 5.51. The number of hydrogen-bond donors (Lipinski definition) is 0. The minimum atomic E-state index is -0.101. The largest absolute Gasteiger partial charge is 0.477 e. The van der Waals surface area contributed by atoms with Crippen LogP contribution < -0.4 is 9.47 Å². The van der Waals surface area contributed by atoms with Crippen molar-refractivity contribution in [1.82, 2.24) is 9.88 Å². The zero-order valence-electron chi connectivity index (χ0n) is 17.0. The van der Waals surface area contributed by atoms with Crippen LogP contribution in [-0.4, -0.2) is 22.4 Å². The number of benzene rings is 2. The van der Waals surface area contributed by atoms with Gasteiger partial charge in [0, 0.05) is 36.6 Å². The van der Waals surface area contributed by atoms with Crippen LogP contribution in [0, 0.1) is 13.8 Å². The summed E-state index contributed by atoms with van der Waals surface area (Å²) >= 11 is 0. The molecular formula is C25H22N2O3. The molecule has 3 aromatic rings. The van der Waals surface area contributed by atoms with Gasteiger partial charge in [-0.25, -0.2) is 0 Å². The molecule has 0 unspecified atom stereocenters. The van der Waals surface area contributed by atoms with E-state index >= 15 is 0 Å². The van der Waals surface area contributed by atoms with E-state index in [1.807, 2.05) is 25.1 Å². The topological polar surface area (TPSA) is 51.7 Å². The summed E-state index contributed by atoms with van der Waals surface area (Å²) in [4.78, 5) is 19.3. The van der Waals surface area contributed by atoms with Crippen LogP contribution in [0.5, 0.6) is 11.5 Å². The molecule has 0 N–H and O–H groups in total. The Balaban J connectivity index is 1.42. The summed E-state index contributed by atoms with van der Waals surface area (Å²) in [7, 11) is 0. The zero-order valence-corrected chi connectivity index (χ0v) is 17.0. The number of allylic oxidation sites excluding steroid dienone is 1. The van der Waals surface area contributed by atoms with Crippen molar-refractivity contribution < 1.29 is 14.3 Å². The van der Waals surface area contributed by atoms with Gasteiger partial charge in [-0.05, 0) is 43.2 Å². The summed E-state index contributed by atoms with van der Waals surface area (Å²) in [5, 5.41) is 0. The molecule has 30 heavy (non-hydrogen) atoms. The van der Waals surface area contributed by atoms with Crippen molar-refractivity contribution in [2.45, 2.75) is 26.9 Å². The number of ketones is 1. The monoisotopic (exact) mass is 398 g/mol. The van der Waals surface area contributed by atoms with Crippen LogP contribution >= 0.6 is 0 Å². The maximum absolute atomic E-state index is 13.0. The predicted molar refractivity (Wildman–Crippen MR) is 114 cm³/mol. The number of aromatic nitrogens is 1. The number of pyridine rings is 1. The Hall–Kier alpha value is -3.44. The van der Waals surface area contributed by atoms with Gasteiger partial charge >= 0.3 is 0 Å². The lowest BCUT2D eigenvalue weighted by atomic mass is 10.00. The molecule has 0 saturated heterocycles. The summed E-state index contributed by atoms with van der Waals surface area (Å²) < 4.78 is 12.0. The van der Waals surface area contributed by atoms with Crippen molar-refractivity contribution in [3.8, 4) is 11.5 Å². The van der Waals surface area contributed by atoms with Crippen molar-refractivity contribution in [1.29, 1.82) is 0 Å². The van der Waals surface area contributed by atoms with Crippen LogP contribution in [0.3, 0.4) is 0 Å². The molecule has 3 heterocycles. The Morgan fingerprint density at radius 3 is 2.73 bits per heavy atom. The van der Waals surface area contributed by atoms with E-state index in [4.69, 9.17) is 9.47 Å². The first-order valence-electron chi connectivity index (χ1n) is 10.00. The number of rotatable bonds is 3. The number of aryl methyl sites for hydroxylation is 1. The standard InChI is InChI=1S/C25H22N2O3/c1-16-5-7-18(8-6-16)13-27-14-20-11-21-23(28)22(10-19-4-3-9-26-12-19)30-25(21)17(2)24(20)29-15-27/h3-12H,13-15H2,1-2H3/b22-10-. The normalized spacial score (nSPS) is 16.7. The fraction of sp³-hybridized carbons (Fsp3) is 0.200. The van der Waals surface area contributed by atoms with Gasteiger partial charge in [0.1, 0.15) is 18.2 Å². The SMILES string of the molecule is Cc1ccc(CN2COc3c(cc4c(c3C)O/C(=C\c3cccnc3)C4=O)C2)cc1. The van der Waals surface area contributed by atoms with Crippen LogP contribution in [0.25, 0.3) is 6.08 Å². The molecule has 0 atom stereocenters. The Morgan fingerprint density at radius 2 is 1.97 bits per heavy atom. The Labute approximate surface area is 175 Å². The lowest BCUT2D eigenvalue weighted by Gasteiger charge is -2.30. The lowest BCUT2D eigenvalue weighted by molar-refractivity contribution is 0.0876. The first-order chi connectivity index (χ1) is 14.6. The van der Waals surface area contributed by atoms with Gasteiger partial charge < -0.3 is 9.47 Å². The third-order valence-corrected chi connectivity index (χ3v) is 5.51. The molecule has 0 fully saturated rings. The van der Waals surface area contributed by atoms with Gasteiger partial charge in [0.25, 0.3) is 0 Å². The predicted octanol–water partition coefficient (Wildman–Crippen LogP) is 4.67. The first kappa shape index (κ1) is 18.6. The van der Waals surface area contributed by atoms with Crippen molar-refractivity contribution in [3.05, 3.63) is 94.0 Å². The molecular weight excluding hydrogens is 376 g/mol. The van der Waals surface area contributed by atoms with Crippen molar-refractivity contribution in [2.75, 3.05) is 6.73 Å². The number of carbonyl (C=O) groups excluding carboxylic acids is 1. The van der Waals surface area contributed by atoms with Gasteiger partial charge in [0.05, 0.1) is 5.56 Å².